The van der Waals surface area contributed by atoms with E-state index >= 15 is 0 Å². The van der Waals surface area contributed by atoms with Gasteiger partial charge in [-0.2, -0.15) is 10.1 Å². The number of amides is 1. The molecule has 0 saturated carbocycles. The number of rotatable bonds is 3. The highest BCUT2D eigenvalue weighted by Crippen LogP contribution is 2.28. The Morgan fingerprint density at radius 2 is 2.04 bits per heavy atom. The first-order chi connectivity index (χ1) is 12.2. The average Bonchev–Trinajstić information content (AvgIpc) is 3.31. The van der Waals surface area contributed by atoms with E-state index in [1.165, 1.54) is 0 Å². The number of carbonyl (C=O) groups excluding carboxylic acids is 1. The minimum absolute atomic E-state index is 0.0146. The number of hydrogen-bond acceptors (Lipinski definition) is 6. The first-order valence-electron chi connectivity index (χ1n) is 8.24. The highest BCUT2D eigenvalue weighted by Gasteiger charge is 2.28. The van der Waals surface area contributed by atoms with Crippen molar-refractivity contribution in [2.45, 2.75) is 18.8 Å². The Labute approximate surface area is 144 Å². The zero-order valence-electron chi connectivity index (χ0n) is 13.9. The fourth-order valence-corrected chi connectivity index (χ4v) is 3.08. The lowest BCUT2D eigenvalue weighted by molar-refractivity contribution is 0.0699. The highest BCUT2D eigenvalue weighted by atomic mass is 16.5. The quantitative estimate of drug-likeness (QED) is 0.724. The number of piperidine rings is 1. The summed E-state index contributed by atoms with van der Waals surface area (Å²) in [6.45, 7) is 1.34. The van der Waals surface area contributed by atoms with Crippen LogP contribution in [0.4, 0.5) is 0 Å². The molecular formula is C17H18N6O2. The fraction of sp³-hybridized carbons (Fsp3) is 0.353. The van der Waals surface area contributed by atoms with Crippen LogP contribution in [0.5, 0.6) is 0 Å². The summed E-state index contributed by atoms with van der Waals surface area (Å²) < 4.78 is 6.94. The zero-order valence-corrected chi connectivity index (χ0v) is 13.9. The Morgan fingerprint density at radius 1 is 1.20 bits per heavy atom. The summed E-state index contributed by atoms with van der Waals surface area (Å²) in [5, 5.41) is 8.16. The highest BCUT2D eigenvalue weighted by molar-refractivity contribution is 5.92. The van der Waals surface area contributed by atoms with Crippen molar-refractivity contribution in [1.82, 2.24) is 29.8 Å². The minimum Gasteiger partial charge on any atom is -0.337 e. The SMILES string of the molecule is Cn1nccc1C(=O)N1CCC(c2noc(-c3ccccn3)n2)CC1. The van der Waals surface area contributed by atoms with E-state index in [1.54, 1.807) is 30.2 Å². The lowest BCUT2D eigenvalue weighted by Gasteiger charge is -2.30. The summed E-state index contributed by atoms with van der Waals surface area (Å²) in [6.07, 6.45) is 4.95. The van der Waals surface area contributed by atoms with Crippen molar-refractivity contribution in [3.05, 3.63) is 48.2 Å². The van der Waals surface area contributed by atoms with E-state index in [0.29, 0.717) is 36.2 Å². The maximum Gasteiger partial charge on any atom is 0.276 e. The van der Waals surface area contributed by atoms with Gasteiger partial charge >= 0.3 is 0 Å². The molecule has 0 atom stereocenters. The smallest absolute Gasteiger partial charge is 0.276 e. The normalized spacial score (nSPS) is 15.5. The van der Waals surface area contributed by atoms with Crippen LogP contribution in [-0.4, -0.2) is 48.8 Å². The van der Waals surface area contributed by atoms with Gasteiger partial charge in [0.25, 0.3) is 11.8 Å². The number of pyridine rings is 1. The molecule has 4 rings (SSSR count). The minimum atomic E-state index is 0.0146. The summed E-state index contributed by atoms with van der Waals surface area (Å²) in [5.74, 6) is 1.33. The van der Waals surface area contributed by atoms with Gasteiger partial charge in [0.2, 0.25) is 0 Å². The molecular weight excluding hydrogens is 320 g/mol. The Balaban J connectivity index is 1.42. The van der Waals surface area contributed by atoms with Crippen LogP contribution in [0, 0.1) is 0 Å². The largest absolute Gasteiger partial charge is 0.337 e. The van der Waals surface area contributed by atoms with E-state index in [2.05, 4.69) is 20.2 Å². The van der Waals surface area contributed by atoms with Crippen molar-refractivity contribution < 1.29 is 9.32 Å². The van der Waals surface area contributed by atoms with Gasteiger partial charge < -0.3 is 9.42 Å². The van der Waals surface area contributed by atoms with Gasteiger partial charge in [-0.05, 0) is 31.0 Å². The summed E-state index contributed by atoms with van der Waals surface area (Å²) >= 11 is 0. The third-order valence-electron chi connectivity index (χ3n) is 4.51. The Morgan fingerprint density at radius 3 is 2.72 bits per heavy atom. The molecule has 1 aliphatic rings. The van der Waals surface area contributed by atoms with Crippen molar-refractivity contribution in [2.75, 3.05) is 13.1 Å². The van der Waals surface area contributed by atoms with Gasteiger partial charge in [0, 0.05) is 38.4 Å². The number of carbonyl (C=O) groups is 1. The summed E-state index contributed by atoms with van der Waals surface area (Å²) in [5.41, 5.74) is 1.28. The van der Waals surface area contributed by atoms with Gasteiger partial charge in [-0.25, -0.2) is 0 Å². The van der Waals surface area contributed by atoms with Crippen molar-refractivity contribution in [3.8, 4) is 11.6 Å². The van der Waals surface area contributed by atoms with Gasteiger partial charge in [0.05, 0.1) is 0 Å². The monoisotopic (exact) mass is 338 g/mol. The van der Waals surface area contributed by atoms with Crippen LogP contribution in [-0.2, 0) is 7.05 Å². The molecule has 8 heteroatoms. The molecule has 1 aliphatic heterocycles. The summed E-state index contributed by atoms with van der Waals surface area (Å²) in [4.78, 5) is 23.1. The van der Waals surface area contributed by atoms with E-state index in [0.717, 1.165) is 12.8 Å². The lowest BCUT2D eigenvalue weighted by atomic mass is 9.96. The molecule has 0 aliphatic carbocycles. The van der Waals surface area contributed by atoms with E-state index in [9.17, 15) is 4.79 Å². The van der Waals surface area contributed by atoms with Crippen molar-refractivity contribution >= 4 is 5.91 Å². The molecule has 4 heterocycles. The molecule has 1 amide bonds. The predicted octanol–water partition coefficient (Wildman–Crippen LogP) is 1.88. The molecule has 1 fully saturated rings. The van der Waals surface area contributed by atoms with Crippen LogP contribution in [0.15, 0.2) is 41.2 Å². The molecule has 0 spiro atoms. The first-order valence-corrected chi connectivity index (χ1v) is 8.24. The molecule has 3 aromatic heterocycles. The predicted molar refractivity (Wildman–Crippen MR) is 88.6 cm³/mol. The molecule has 1 saturated heterocycles. The van der Waals surface area contributed by atoms with Crippen LogP contribution in [0.2, 0.25) is 0 Å². The van der Waals surface area contributed by atoms with E-state index in [4.69, 9.17) is 4.52 Å². The zero-order chi connectivity index (χ0) is 17.2. The fourth-order valence-electron chi connectivity index (χ4n) is 3.08. The van der Waals surface area contributed by atoms with Gasteiger partial charge in [-0.15, -0.1) is 0 Å². The Kier molecular flexibility index (Phi) is 4.01. The summed E-state index contributed by atoms with van der Waals surface area (Å²) in [6, 6.07) is 7.31. The molecule has 0 N–H and O–H groups in total. The van der Waals surface area contributed by atoms with Gasteiger partial charge in [-0.1, -0.05) is 11.2 Å². The lowest BCUT2D eigenvalue weighted by Crippen LogP contribution is -2.38. The van der Waals surface area contributed by atoms with Crippen LogP contribution in [0.1, 0.15) is 35.1 Å². The van der Waals surface area contributed by atoms with Crippen molar-refractivity contribution in [1.29, 1.82) is 0 Å². The second-order valence-electron chi connectivity index (χ2n) is 6.08. The molecule has 0 unspecified atom stereocenters. The van der Waals surface area contributed by atoms with Crippen LogP contribution < -0.4 is 0 Å². The second-order valence-corrected chi connectivity index (χ2v) is 6.08. The molecule has 0 radical (unpaired) electrons. The average molecular weight is 338 g/mol. The molecule has 8 nitrogen and oxygen atoms in total. The van der Waals surface area contributed by atoms with E-state index in [1.807, 2.05) is 23.1 Å². The maximum absolute atomic E-state index is 12.5. The van der Waals surface area contributed by atoms with Crippen LogP contribution in [0.3, 0.4) is 0 Å². The van der Waals surface area contributed by atoms with Crippen molar-refractivity contribution in [2.24, 2.45) is 7.05 Å². The number of aromatic nitrogens is 5. The Hall–Kier alpha value is -3.03. The topological polar surface area (TPSA) is 89.9 Å². The third-order valence-corrected chi connectivity index (χ3v) is 4.51. The Bertz CT molecular complexity index is 864. The molecule has 3 aromatic rings. The van der Waals surface area contributed by atoms with E-state index < -0.39 is 0 Å². The molecule has 0 aromatic carbocycles. The molecule has 0 bridgehead atoms. The first kappa shape index (κ1) is 15.5. The number of nitrogens with zero attached hydrogens (tertiary/aromatic N) is 6. The molecule has 128 valence electrons. The van der Waals surface area contributed by atoms with Gasteiger partial charge in [-0.3, -0.25) is 14.5 Å². The van der Waals surface area contributed by atoms with Crippen LogP contribution >= 0.6 is 0 Å². The van der Waals surface area contributed by atoms with E-state index in [-0.39, 0.29) is 11.8 Å². The van der Waals surface area contributed by atoms with Crippen LogP contribution in [0.25, 0.3) is 11.6 Å². The number of aryl methyl sites for hydroxylation is 1. The van der Waals surface area contributed by atoms with Crippen molar-refractivity contribution in [3.63, 3.8) is 0 Å². The van der Waals surface area contributed by atoms with Gasteiger partial charge in [0.15, 0.2) is 5.82 Å². The van der Waals surface area contributed by atoms with Gasteiger partial charge in [0.1, 0.15) is 11.4 Å². The third kappa shape index (κ3) is 3.02. The number of likely N-dealkylation sites (tertiary alicyclic amines) is 1. The molecule has 25 heavy (non-hydrogen) atoms. The second kappa shape index (κ2) is 6.46. The summed E-state index contributed by atoms with van der Waals surface area (Å²) in [7, 11) is 1.78. The number of hydrogen-bond donors (Lipinski definition) is 0. The standard InChI is InChI=1S/C17H18N6O2/c1-22-14(5-9-19-22)17(24)23-10-6-12(7-11-23)15-20-16(25-21-15)13-4-2-3-8-18-13/h2-5,8-9,12H,6-7,10-11H2,1H3. The maximum atomic E-state index is 12.5.